The molecule has 1 heterocycles. The highest BCUT2D eigenvalue weighted by atomic mass is 79.9. The van der Waals surface area contributed by atoms with E-state index in [0.717, 1.165) is 22.7 Å². The van der Waals surface area contributed by atoms with E-state index < -0.39 is 0 Å². The topological polar surface area (TPSA) is 29.9 Å². The number of hydrogen-bond donors (Lipinski definition) is 1. The molecular weight excluding hydrogens is 254 g/mol. The Hall–Kier alpha value is -1.29. The molecule has 2 rings (SSSR count). The number of imidazole rings is 1. The second kappa shape index (κ2) is 4.49. The van der Waals surface area contributed by atoms with Gasteiger partial charge in [-0.15, -0.1) is 0 Å². The van der Waals surface area contributed by atoms with E-state index in [0.29, 0.717) is 0 Å². The van der Waals surface area contributed by atoms with E-state index >= 15 is 0 Å². The molecule has 1 N–H and O–H groups in total. The summed E-state index contributed by atoms with van der Waals surface area (Å²) >= 11 is 3.46. The van der Waals surface area contributed by atoms with Crippen LogP contribution >= 0.6 is 15.9 Å². The first-order chi connectivity index (χ1) is 7.31. The summed E-state index contributed by atoms with van der Waals surface area (Å²) < 4.78 is 3.09. The Balaban J connectivity index is 2.40. The Labute approximate surface area is 97.3 Å². The normalized spacial score (nSPS) is 10.3. The fourth-order valence-corrected chi connectivity index (χ4v) is 1.81. The zero-order chi connectivity index (χ0) is 10.7. The minimum absolute atomic E-state index is 0.866. The van der Waals surface area contributed by atoms with Gasteiger partial charge >= 0.3 is 0 Å². The van der Waals surface area contributed by atoms with Gasteiger partial charge in [0.05, 0.1) is 0 Å². The number of nitrogens with zero attached hydrogens (tertiary/aromatic N) is 2. The van der Waals surface area contributed by atoms with Gasteiger partial charge in [-0.3, -0.25) is 4.57 Å². The lowest BCUT2D eigenvalue weighted by Gasteiger charge is -2.08. The van der Waals surface area contributed by atoms with Crippen molar-refractivity contribution >= 4 is 21.9 Å². The van der Waals surface area contributed by atoms with Crippen LogP contribution in [0.5, 0.6) is 0 Å². The number of hydrogen-bond acceptors (Lipinski definition) is 2. The fraction of sp³-hybridized carbons (Fsp3) is 0.182. The Morgan fingerprint density at radius 3 is 3.07 bits per heavy atom. The standard InChI is InChI=1S/C11H12BrN3/c1-2-13-11-14-6-7-15(11)10-5-3-4-9(12)8-10/h3-8H,2H2,1H3,(H,13,14). The van der Waals surface area contributed by atoms with Gasteiger partial charge in [0.1, 0.15) is 0 Å². The zero-order valence-corrected chi connectivity index (χ0v) is 10.0. The van der Waals surface area contributed by atoms with Crippen LogP contribution in [0.25, 0.3) is 5.69 Å². The molecule has 1 aromatic carbocycles. The molecule has 0 spiro atoms. The van der Waals surface area contributed by atoms with Gasteiger partial charge in [0, 0.05) is 29.1 Å². The maximum Gasteiger partial charge on any atom is 0.207 e. The third kappa shape index (κ3) is 2.21. The van der Waals surface area contributed by atoms with E-state index in [1.165, 1.54) is 0 Å². The second-order valence-electron chi connectivity index (χ2n) is 3.13. The molecule has 0 aliphatic rings. The molecule has 4 heteroatoms. The summed E-state index contributed by atoms with van der Waals surface area (Å²) in [6.07, 6.45) is 3.73. The number of anilines is 1. The Morgan fingerprint density at radius 1 is 1.47 bits per heavy atom. The summed E-state index contributed by atoms with van der Waals surface area (Å²) in [5.41, 5.74) is 1.10. The molecule has 1 aromatic heterocycles. The molecule has 0 atom stereocenters. The monoisotopic (exact) mass is 265 g/mol. The van der Waals surface area contributed by atoms with E-state index in [9.17, 15) is 0 Å². The van der Waals surface area contributed by atoms with Gasteiger partial charge in [-0.05, 0) is 25.1 Å². The van der Waals surface area contributed by atoms with E-state index in [4.69, 9.17) is 0 Å². The van der Waals surface area contributed by atoms with Crippen molar-refractivity contribution in [1.29, 1.82) is 0 Å². The molecule has 0 radical (unpaired) electrons. The summed E-state index contributed by atoms with van der Waals surface area (Å²) in [5, 5.41) is 3.21. The first-order valence-corrected chi connectivity index (χ1v) is 5.63. The number of halogens is 1. The lowest BCUT2D eigenvalue weighted by atomic mass is 10.3. The summed E-state index contributed by atoms with van der Waals surface area (Å²) in [4.78, 5) is 4.25. The zero-order valence-electron chi connectivity index (χ0n) is 8.44. The van der Waals surface area contributed by atoms with E-state index in [-0.39, 0.29) is 0 Å². The van der Waals surface area contributed by atoms with Crippen molar-refractivity contribution in [2.24, 2.45) is 0 Å². The maximum atomic E-state index is 4.25. The Kier molecular flexibility index (Phi) is 3.06. The highest BCUT2D eigenvalue weighted by Gasteiger charge is 2.03. The van der Waals surface area contributed by atoms with Crippen LogP contribution in [0.4, 0.5) is 5.95 Å². The molecule has 0 fully saturated rings. The molecule has 0 saturated heterocycles. The third-order valence-electron chi connectivity index (χ3n) is 2.06. The fourth-order valence-electron chi connectivity index (χ4n) is 1.43. The molecule has 0 aliphatic heterocycles. The lowest BCUT2D eigenvalue weighted by Crippen LogP contribution is -2.04. The van der Waals surface area contributed by atoms with Crippen molar-refractivity contribution in [1.82, 2.24) is 9.55 Å². The van der Waals surface area contributed by atoms with Gasteiger partial charge in [-0.1, -0.05) is 22.0 Å². The SMILES string of the molecule is CCNc1nccn1-c1cccc(Br)c1. The molecule has 0 amide bonds. The van der Waals surface area contributed by atoms with Crippen LogP contribution in [0.1, 0.15) is 6.92 Å². The summed E-state index contributed by atoms with van der Waals surface area (Å²) in [6, 6.07) is 8.12. The van der Waals surface area contributed by atoms with Gasteiger partial charge < -0.3 is 5.32 Å². The van der Waals surface area contributed by atoms with Crippen molar-refractivity contribution in [3.63, 3.8) is 0 Å². The minimum atomic E-state index is 0.866. The molecule has 0 saturated carbocycles. The summed E-state index contributed by atoms with van der Waals surface area (Å²) in [7, 11) is 0. The summed E-state index contributed by atoms with van der Waals surface area (Å²) in [6.45, 7) is 2.92. The average molecular weight is 266 g/mol. The quantitative estimate of drug-likeness (QED) is 0.925. The molecule has 15 heavy (non-hydrogen) atoms. The Morgan fingerprint density at radius 2 is 2.33 bits per heavy atom. The van der Waals surface area contributed by atoms with Crippen molar-refractivity contribution in [2.75, 3.05) is 11.9 Å². The van der Waals surface area contributed by atoms with E-state index in [1.54, 1.807) is 6.20 Å². The van der Waals surface area contributed by atoms with Gasteiger partial charge in [0.25, 0.3) is 0 Å². The van der Waals surface area contributed by atoms with Crippen LogP contribution < -0.4 is 5.32 Å². The van der Waals surface area contributed by atoms with Crippen molar-refractivity contribution in [3.8, 4) is 5.69 Å². The van der Waals surface area contributed by atoms with E-state index in [2.05, 4.69) is 39.2 Å². The van der Waals surface area contributed by atoms with Crippen LogP contribution in [-0.4, -0.2) is 16.1 Å². The smallest absolute Gasteiger partial charge is 0.207 e. The molecule has 0 bridgehead atoms. The van der Waals surface area contributed by atoms with Gasteiger partial charge in [0.15, 0.2) is 0 Å². The molecule has 3 nitrogen and oxygen atoms in total. The lowest BCUT2D eigenvalue weighted by molar-refractivity contribution is 1.02. The first kappa shape index (κ1) is 10.2. The number of aromatic nitrogens is 2. The van der Waals surface area contributed by atoms with Crippen molar-refractivity contribution in [3.05, 3.63) is 41.1 Å². The van der Waals surface area contributed by atoms with Crippen LogP contribution in [0.15, 0.2) is 41.1 Å². The van der Waals surface area contributed by atoms with Gasteiger partial charge in [-0.25, -0.2) is 4.98 Å². The largest absolute Gasteiger partial charge is 0.356 e. The number of benzene rings is 1. The Bertz CT molecular complexity index is 451. The molecule has 2 aromatic rings. The van der Waals surface area contributed by atoms with Crippen LogP contribution in [-0.2, 0) is 0 Å². The van der Waals surface area contributed by atoms with E-state index in [1.807, 2.05) is 29.0 Å². The second-order valence-corrected chi connectivity index (χ2v) is 4.05. The molecule has 0 unspecified atom stereocenters. The summed E-state index contributed by atoms with van der Waals surface area (Å²) in [5.74, 6) is 0.871. The average Bonchev–Trinajstić information content (AvgIpc) is 2.66. The van der Waals surface area contributed by atoms with Crippen LogP contribution in [0, 0.1) is 0 Å². The highest BCUT2D eigenvalue weighted by molar-refractivity contribution is 9.10. The molecular formula is C11H12BrN3. The minimum Gasteiger partial charge on any atom is -0.356 e. The predicted molar refractivity (Wildman–Crippen MR) is 65.4 cm³/mol. The first-order valence-electron chi connectivity index (χ1n) is 4.84. The number of rotatable bonds is 3. The van der Waals surface area contributed by atoms with Crippen LogP contribution in [0.2, 0.25) is 0 Å². The van der Waals surface area contributed by atoms with Crippen molar-refractivity contribution in [2.45, 2.75) is 6.92 Å². The molecule has 78 valence electrons. The predicted octanol–water partition coefficient (Wildman–Crippen LogP) is 3.07. The van der Waals surface area contributed by atoms with Gasteiger partial charge in [-0.2, -0.15) is 0 Å². The van der Waals surface area contributed by atoms with Crippen molar-refractivity contribution < 1.29 is 0 Å². The van der Waals surface area contributed by atoms with Gasteiger partial charge in [0.2, 0.25) is 5.95 Å². The maximum absolute atomic E-state index is 4.25. The highest BCUT2D eigenvalue weighted by Crippen LogP contribution is 2.18. The third-order valence-corrected chi connectivity index (χ3v) is 2.56. The van der Waals surface area contributed by atoms with Crippen LogP contribution in [0.3, 0.4) is 0 Å². The molecule has 0 aliphatic carbocycles. The number of nitrogens with one attached hydrogen (secondary N) is 1.